The minimum Gasteiger partial charge on any atom is -0.335 e. The van der Waals surface area contributed by atoms with Crippen LogP contribution in [-0.2, 0) is 0 Å². The summed E-state index contributed by atoms with van der Waals surface area (Å²) >= 11 is 0. The Kier molecular flexibility index (Phi) is 4.04. The summed E-state index contributed by atoms with van der Waals surface area (Å²) < 4.78 is 0. The standard InChI is InChI=1S/C12H23N3O/c13-8-3-9-15(11-6-2-7-11)12(16)14-10-4-1-5-10/h10-11H,1-9,13H2,(H,14,16). The molecule has 0 radical (unpaired) electrons. The van der Waals surface area contributed by atoms with Crippen LogP contribution in [0.15, 0.2) is 0 Å². The molecule has 4 nitrogen and oxygen atoms in total. The van der Waals surface area contributed by atoms with Crippen LogP contribution < -0.4 is 11.1 Å². The predicted octanol–water partition coefficient (Wildman–Crippen LogP) is 1.45. The minimum atomic E-state index is 0.142. The number of hydrogen-bond acceptors (Lipinski definition) is 2. The molecule has 16 heavy (non-hydrogen) atoms. The molecule has 0 aromatic rings. The van der Waals surface area contributed by atoms with E-state index >= 15 is 0 Å². The molecule has 4 heteroatoms. The van der Waals surface area contributed by atoms with Crippen LogP contribution in [0.4, 0.5) is 4.79 Å². The maximum absolute atomic E-state index is 12.1. The van der Waals surface area contributed by atoms with Gasteiger partial charge in [0.1, 0.15) is 0 Å². The summed E-state index contributed by atoms with van der Waals surface area (Å²) in [7, 11) is 0. The molecule has 0 saturated heterocycles. The molecule has 2 amide bonds. The van der Waals surface area contributed by atoms with E-state index in [0.29, 0.717) is 18.6 Å². The lowest BCUT2D eigenvalue weighted by atomic mass is 9.91. The predicted molar refractivity (Wildman–Crippen MR) is 64.2 cm³/mol. The molecule has 0 heterocycles. The smallest absolute Gasteiger partial charge is 0.317 e. The number of rotatable bonds is 5. The highest BCUT2D eigenvalue weighted by Gasteiger charge is 2.30. The van der Waals surface area contributed by atoms with E-state index < -0.39 is 0 Å². The van der Waals surface area contributed by atoms with Gasteiger partial charge in [0.15, 0.2) is 0 Å². The van der Waals surface area contributed by atoms with Crippen molar-refractivity contribution < 1.29 is 4.79 Å². The summed E-state index contributed by atoms with van der Waals surface area (Å²) in [5.41, 5.74) is 5.52. The summed E-state index contributed by atoms with van der Waals surface area (Å²) in [5.74, 6) is 0. The van der Waals surface area contributed by atoms with E-state index in [1.807, 2.05) is 4.90 Å². The Morgan fingerprint density at radius 1 is 1.25 bits per heavy atom. The molecule has 0 unspecified atom stereocenters. The molecule has 2 fully saturated rings. The molecular weight excluding hydrogens is 202 g/mol. The summed E-state index contributed by atoms with van der Waals surface area (Å²) in [4.78, 5) is 14.1. The van der Waals surface area contributed by atoms with E-state index in [4.69, 9.17) is 5.73 Å². The Morgan fingerprint density at radius 3 is 2.38 bits per heavy atom. The maximum atomic E-state index is 12.1. The zero-order chi connectivity index (χ0) is 11.4. The number of hydrogen-bond donors (Lipinski definition) is 2. The number of carbonyl (C=O) groups is 1. The maximum Gasteiger partial charge on any atom is 0.317 e. The van der Waals surface area contributed by atoms with Gasteiger partial charge in [-0.05, 0) is 51.5 Å². The number of nitrogens with one attached hydrogen (secondary N) is 1. The first-order valence-corrected chi connectivity index (χ1v) is 6.58. The van der Waals surface area contributed by atoms with Gasteiger partial charge in [-0.1, -0.05) is 0 Å². The lowest BCUT2D eigenvalue weighted by Gasteiger charge is -2.39. The molecule has 2 saturated carbocycles. The van der Waals surface area contributed by atoms with Crippen molar-refractivity contribution in [3.63, 3.8) is 0 Å². The van der Waals surface area contributed by atoms with Crippen LogP contribution in [-0.4, -0.2) is 36.1 Å². The second kappa shape index (κ2) is 5.53. The van der Waals surface area contributed by atoms with Gasteiger partial charge in [0, 0.05) is 18.6 Å². The van der Waals surface area contributed by atoms with E-state index in [2.05, 4.69) is 5.32 Å². The summed E-state index contributed by atoms with van der Waals surface area (Å²) in [5, 5.41) is 3.12. The quantitative estimate of drug-likeness (QED) is 0.744. The van der Waals surface area contributed by atoms with Crippen LogP contribution in [0.5, 0.6) is 0 Å². The van der Waals surface area contributed by atoms with Crippen LogP contribution >= 0.6 is 0 Å². The molecule has 3 N–H and O–H groups in total. The largest absolute Gasteiger partial charge is 0.335 e. The molecule has 0 bridgehead atoms. The second-order valence-corrected chi connectivity index (χ2v) is 5.00. The van der Waals surface area contributed by atoms with Crippen molar-refractivity contribution in [2.75, 3.05) is 13.1 Å². The van der Waals surface area contributed by atoms with Gasteiger partial charge in [-0.2, -0.15) is 0 Å². The average molecular weight is 225 g/mol. The highest BCUT2D eigenvalue weighted by molar-refractivity contribution is 5.75. The highest BCUT2D eigenvalue weighted by atomic mass is 16.2. The summed E-state index contributed by atoms with van der Waals surface area (Å²) in [6.07, 6.45) is 8.08. The molecule has 2 rings (SSSR count). The second-order valence-electron chi connectivity index (χ2n) is 5.00. The fraction of sp³-hybridized carbons (Fsp3) is 0.917. The van der Waals surface area contributed by atoms with Crippen LogP contribution in [0.25, 0.3) is 0 Å². The molecule has 0 aromatic carbocycles. The van der Waals surface area contributed by atoms with Crippen molar-refractivity contribution in [3.8, 4) is 0 Å². The molecule has 0 aliphatic heterocycles. The number of nitrogens with zero attached hydrogens (tertiary/aromatic N) is 1. The van der Waals surface area contributed by atoms with E-state index in [9.17, 15) is 4.79 Å². The first kappa shape index (κ1) is 11.7. The Hall–Kier alpha value is -0.770. The molecule has 2 aliphatic carbocycles. The van der Waals surface area contributed by atoms with Gasteiger partial charge in [0.25, 0.3) is 0 Å². The van der Waals surface area contributed by atoms with Crippen molar-refractivity contribution in [2.45, 2.75) is 57.0 Å². The van der Waals surface area contributed by atoms with Crippen molar-refractivity contribution in [3.05, 3.63) is 0 Å². The number of nitrogens with two attached hydrogens (primary N) is 1. The third-order valence-corrected chi connectivity index (χ3v) is 3.81. The van der Waals surface area contributed by atoms with Crippen molar-refractivity contribution in [2.24, 2.45) is 5.73 Å². The van der Waals surface area contributed by atoms with Crippen molar-refractivity contribution >= 4 is 6.03 Å². The van der Waals surface area contributed by atoms with E-state index in [-0.39, 0.29) is 6.03 Å². The topological polar surface area (TPSA) is 58.4 Å². The summed E-state index contributed by atoms with van der Waals surface area (Å²) in [6.45, 7) is 1.49. The van der Waals surface area contributed by atoms with Gasteiger partial charge in [-0.25, -0.2) is 4.79 Å². The lowest BCUT2D eigenvalue weighted by Crippen LogP contribution is -2.53. The lowest BCUT2D eigenvalue weighted by molar-refractivity contribution is 0.131. The fourth-order valence-corrected chi connectivity index (χ4v) is 2.22. The highest BCUT2D eigenvalue weighted by Crippen LogP contribution is 2.26. The fourth-order valence-electron chi connectivity index (χ4n) is 2.22. The molecule has 2 aliphatic rings. The SMILES string of the molecule is NCCCN(C(=O)NC1CCC1)C1CCC1. The van der Waals surface area contributed by atoms with Crippen molar-refractivity contribution in [1.82, 2.24) is 10.2 Å². The Bertz CT molecular complexity index is 236. The Labute approximate surface area is 97.6 Å². The van der Waals surface area contributed by atoms with Crippen LogP contribution in [0.3, 0.4) is 0 Å². The number of amides is 2. The Morgan fingerprint density at radius 2 is 1.94 bits per heavy atom. The molecule has 92 valence electrons. The van der Waals surface area contributed by atoms with Gasteiger partial charge >= 0.3 is 6.03 Å². The minimum absolute atomic E-state index is 0.142. The van der Waals surface area contributed by atoms with E-state index in [1.54, 1.807) is 0 Å². The van der Waals surface area contributed by atoms with Gasteiger partial charge in [-0.3, -0.25) is 0 Å². The monoisotopic (exact) mass is 225 g/mol. The average Bonchev–Trinajstić information content (AvgIpc) is 2.14. The zero-order valence-electron chi connectivity index (χ0n) is 9.95. The summed E-state index contributed by atoms with van der Waals surface area (Å²) in [6, 6.07) is 1.06. The van der Waals surface area contributed by atoms with E-state index in [1.165, 1.54) is 25.7 Å². The van der Waals surface area contributed by atoms with Gasteiger partial charge in [0.2, 0.25) is 0 Å². The number of urea groups is 1. The first-order valence-electron chi connectivity index (χ1n) is 6.58. The third kappa shape index (κ3) is 2.67. The number of carbonyl (C=O) groups excluding carboxylic acids is 1. The first-order chi connectivity index (χ1) is 7.81. The van der Waals surface area contributed by atoms with Gasteiger partial charge < -0.3 is 16.0 Å². The van der Waals surface area contributed by atoms with Crippen LogP contribution in [0.1, 0.15) is 44.9 Å². The van der Waals surface area contributed by atoms with Gasteiger partial charge in [0.05, 0.1) is 0 Å². The molecular formula is C12H23N3O. The molecule has 0 atom stereocenters. The van der Waals surface area contributed by atoms with Gasteiger partial charge in [-0.15, -0.1) is 0 Å². The van der Waals surface area contributed by atoms with Crippen LogP contribution in [0, 0.1) is 0 Å². The third-order valence-electron chi connectivity index (χ3n) is 3.81. The van der Waals surface area contributed by atoms with E-state index in [0.717, 1.165) is 25.8 Å². The normalized spacial score (nSPS) is 21.1. The zero-order valence-corrected chi connectivity index (χ0v) is 9.95. The van der Waals surface area contributed by atoms with Crippen LogP contribution in [0.2, 0.25) is 0 Å². The molecule has 0 spiro atoms. The van der Waals surface area contributed by atoms with Crippen molar-refractivity contribution in [1.29, 1.82) is 0 Å². The molecule has 0 aromatic heterocycles. The Balaban J connectivity index is 1.80.